The molecule has 4 nitrogen and oxygen atoms in total. The lowest BCUT2D eigenvalue weighted by atomic mass is 9.86. The zero-order valence-electron chi connectivity index (χ0n) is 13.3. The highest BCUT2D eigenvalue weighted by Crippen LogP contribution is 2.52. The zero-order valence-corrected chi connectivity index (χ0v) is 13.3. The van der Waals surface area contributed by atoms with Gasteiger partial charge in [-0.05, 0) is 54.4 Å². The molecular weight excluding hydrogens is 307 g/mol. The third kappa shape index (κ3) is 1.94. The van der Waals surface area contributed by atoms with E-state index in [9.17, 15) is 14.0 Å². The molecule has 2 aliphatic heterocycles. The SMILES string of the molecule is O=C1CC(N2C[C@@H]3[C@H](C2)[C@H]2C=C[C@@H]3C2)C(=O)N1c1ccc(F)cc1. The summed E-state index contributed by atoms with van der Waals surface area (Å²) in [6.07, 6.45) is 6.17. The molecule has 124 valence electrons. The van der Waals surface area contributed by atoms with Gasteiger partial charge in [-0.15, -0.1) is 0 Å². The van der Waals surface area contributed by atoms with Crippen LogP contribution in [0.25, 0.3) is 0 Å². The first-order chi connectivity index (χ1) is 11.6. The standard InChI is InChI=1S/C19H19FN2O2/c20-13-3-5-14(6-4-13)22-18(23)8-17(19(22)24)21-9-15-11-1-2-12(7-11)16(15)10-21/h1-6,11-12,15-17H,7-10H2/t11-,12+,15+,16-,17?. The number of halogens is 1. The van der Waals surface area contributed by atoms with Gasteiger partial charge in [-0.2, -0.15) is 0 Å². The van der Waals surface area contributed by atoms with E-state index in [2.05, 4.69) is 17.1 Å². The number of carbonyl (C=O) groups is 2. The van der Waals surface area contributed by atoms with Crippen LogP contribution in [0.1, 0.15) is 12.8 Å². The van der Waals surface area contributed by atoms with Crippen molar-refractivity contribution in [2.24, 2.45) is 23.7 Å². The third-order valence-electron chi connectivity index (χ3n) is 6.34. The number of allylic oxidation sites excluding steroid dienone is 2. The number of hydrogen-bond donors (Lipinski definition) is 0. The number of benzene rings is 1. The second-order valence-corrected chi connectivity index (χ2v) is 7.49. The lowest BCUT2D eigenvalue weighted by Crippen LogP contribution is -2.41. The molecule has 1 unspecified atom stereocenters. The molecule has 2 bridgehead atoms. The molecule has 5 atom stereocenters. The van der Waals surface area contributed by atoms with Gasteiger partial charge in [0.05, 0.1) is 18.2 Å². The van der Waals surface area contributed by atoms with E-state index in [0.29, 0.717) is 29.4 Å². The first-order valence-corrected chi connectivity index (χ1v) is 8.66. The summed E-state index contributed by atoms with van der Waals surface area (Å²) >= 11 is 0. The molecule has 1 aromatic rings. The van der Waals surface area contributed by atoms with Gasteiger partial charge >= 0.3 is 0 Å². The van der Waals surface area contributed by atoms with Crippen LogP contribution in [0.4, 0.5) is 10.1 Å². The van der Waals surface area contributed by atoms with E-state index >= 15 is 0 Å². The molecule has 1 aromatic carbocycles. The van der Waals surface area contributed by atoms with E-state index < -0.39 is 0 Å². The third-order valence-corrected chi connectivity index (χ3v) is 6.34. The van der Waals surface area contributed by atoms with Gasteiger partial charge in [0.25, 0.3) is 5.91 Å². The number of imide groups is 1. The Morgan fingerprint density at radius 3 is 2.21 bits per heavy atom. The molecule has 2 amide bonds. The summed E-state index contributed by atoms with van der Waals surface area (Å²) in [5.41, 5.74) is 0.468. The van der Waals surface area contributed by atoms with Gasteiger partial charge < -0.3 is 0 Å². The van der Waals surface area contributed by atoms with Crippen molar-refractivity contribution < 1.29 is 14.0 Å². The van der Waals surface area contributed by atoms with Gasteiger partial charge in [0.2, 0.25) is 5.91 Å². The lowest BCUT2D eigenvalue weighted by molar-refractivity contribution is -0.122. The number of amides is 2. The highest BCUT2D eigenvalue weighted by molar-refractivity contribution is 6.22. The fourth-order valence-electron chi connectivity index (χ4n) is 5.20. The predicted molar refractivity (Wildman–Crippen MR) is 86.6 cm³/mol. The molecule has 24 heavy (non-hydrogen) atoms. The summed E-state index contributed by atoms with van der Waals surface area (Å²) in [6.45, 7) is 1.83. The summed E-state index contributed by atoms with van der Waals surface area (Å²) < 4.78 is 13.1. The number of fused-ring (bicyclic) bond motifs is 5. The number of likely N-dealkylation sites (tertiary alicyclic amines) is 1. The second kappa shape index (κ2) is 4.99. The van der Waals surface area contributed by atoms with Crippen molar-refractivity contribution in [1.29, 1.82) is 0 Å². The van der Waals surface area contributed by atoms with E-state index in [-0.39, 0.29) is 30.1 Å². The fourth-order valence-corrected chi connectivity index (χ4v) is 5.20. The summed E-state index contributed by atoms with van der Waals surface area (Å²) in [7, 11) is 0. The molecule has 0 radical (unpaired) electrons. The second-order valence-electron chi connectivity index (χ2n) is 7.49. The van der Waals surface area contributed by atoms with Crippen molar-refractivity contribution in [1.82, 2.24) is 4.90 Å². The number of carbonyl (C=O) groups excluding carboxylic acids is 2. The molecular formula is C19H19FN2O2. The van der Waals surface area contributed by atoms with E-state index in [4.69, 9.17) is 0 Å². The highest BCUT2D eigenvalue weighted by atomic mass is 19.1. The van der Waals surface area contributed by atoms with Crippen molar-refractivity contribution >= 4 is 17.5 Å². The topological polar surface area (TPSA) is 40.6 Å². The van der Waals surface area contributed by atoms with Gasteiger partial charge in [-0.1, -0.05) is 12.2 Å². The van der Waals surface area contributed by atoms with Crippen LogP contribution in [0.5, 0.6) is 0 Å². The summed E-state index contributed by atoms with van der Waals surface area (Å²) in [5.74, 6) is 1.88. The molecule has 1 saturated carbocycles. The molecule has 0 aromatic heterocycles. The molecule has 4 aliphatic rings. The normalized spacial score (nSPS) is 37.7. The van der Waals surface area contributed by atoms with Gasteiger partial charge in [0.15, 0.2) is 0 Å². The van der Waals surface area contributed by atoms with Crippen LogP contribution in [-0.4, -0.2) is 35.8 Å². The van der Waals surface area contributed by atoms with Crippen LogP contribution < -0.4 is 4.90 Å². The van der Waals surface area contributed by atoms with Crippen LogP contribution in [0, 0.1) is 29.5 Å². The Morgan fingerprint density at radius 2 is 1.58 bits per heavy atom. The van der Waals surface area contributed by atoms with E-state index in [1.54, 1.807) is 0 Å². The van der Waals surface area contributed by atoms with E-state index in [1.165, 1.54) is 35.6 Å². The molecule has 2 heterocycles. The summed E-state index contributed by atoms with van der Waals surface area (Å²) in [6, 6.07) is 5.21. The minimum Gasteiger partial charge on any atom is -0.291 e. The number of nitrogens with zero attached hydrogens (tertiary/aromatic N) is 2. The van der Waals surface area contributed by atoms with Crippen LogP contribution >= 0.6 is 0 Å². The summed E-state index contributed by atoms with van der Waals surface area (Å²) in [4.78, 5) is 28.7. The molecule has 2 aliphatic carbocycles. The van der Waals surface area contributed by atoms with Crippen molar-refractivity contribution in [3.05, 3.63) is 42.2 Å². The van der Waals surface area contributed by atoms with Crippen molar-refractivity contribution in [3.63, 3.8) is 0 Å². The summed E-state index contributed by atoms with van der Waals surface area (Å²) in [5, 5.41) is 0. The zero-order chi connectivity index (χ0) is 16.4. The van der Waals surface area contributed by atoms with Gasteiger partial charge in [0.1, 0.15) is 5.82 Å². The van der Waals surface area contributed by atoms with Crippen LogP contribution in [0.2, 0.25) is 0 Å². The van der Waals surface area contributed by atoms with Gasteiger partial charge in [-0.3, -0.25) is 14.5 Å². The maximum atomic E-state index is 13.1. The maximum Gasteiger partial charge on any atom is 0.251 e. The van der Waals surface area contributed by atoms with Crippen LogP contribution in [0.3, 0.4) is 0 Å². The Hall–Kier alpha value is -2.01. The van der Waals surface area contributed by atoms with Crippen LogP contribution in [0.15, 0.2) is 36.4 Å². The smallest absolute Gasteiger partial charge is 0.251 e. The van der Waals surface area contributed by atoms with E-state index in [1.807, 2.05) is 0 Å². The fraction of sp³-hybridized carbons (Fsp3) is 0.474. The monoisotopic (exact) mass is 326 g/mol. The highest BCUT2D eigenvalue weighted by Gasteiger charge is 2.53. The van der Waals surface area contributed by atoms with Crippen molar-refractivity contribution in [2.45, 2.75) is 18.9 Å². The molecule has 2 saturated heterocycles. The Kier molecular flexibility index (Phi) is 2.98. The maximum absolute atomic E-state index is 13.1. The molecule has 5 rings (SSSR count). The Bertz CT molecular complexity index is 724. The van der Waals surface area contributed by atoms with E-state index in [0.717, 1.165) is 13.1 Å². The van der Waals surface area contributed by atoms with Gasteiger partial charge in [-0.25, -0.2) is 9.29 Å². The lowest BCUT2D eigenvalue weighted by Gasteiger charge is -2.24. The van der Waals surface area contributed by atoms with Gasteiger partial charge in [0, 0.05) is 13.1 Å². The average Bonchev–Trinajstić information content (AvgIpc) is 3.30. The molecule has 5 heteroatoms. The quantitative estimate of drug-likeness (QED) is 0.618. The first-order valence-electron chi connectivity index (χ1n) is 8.66. The Balaban J connectivity index is 1.36. The van der Waals surface area contributed by atoms with Crippen molar-refractivity contribution in [2.75, 3.05) is 18.0 Å². The predicted octanol–water partition coefficient (Wildman–Crippen LogP) is 2.21. The Labute approximate surface area is 139 Å². The van der Waals surface area contributed by atoms with Crippen molar-refractivity contribution in [3.8, 4) is 0 Å². The number of rotatable bonds is 2. The minimum absolute atomic E-state index is 0.160. The molecule has 0 N–H and O–H groups in total. The first kappa shape index (κ1) is 14.3. The number of hydrogen-bond acceptors (Lipinski definition) is 3. The minimum atomic E-state index is -0.371. The molecule has 0 spiro atoms. The Morgan fingerprint density at radius 1 is 0.958 bits per heavy atom. The largest absolute Gasteiger partial charge is 0.291 e. The number of anilines is 1. The molecule has 3 fully saturated rings. The van der Waals surface area contributed by atoms with Crippen LogP contribution in [-0.2, 0) is 9.59 Å². The average molecular weight is 326 g/mol.